The highest BCUT2D eigenvalue weighted by Crippen LogP contribution is 2.27. The van der Waals surface area contributed by atoms with E-state index in [1.54, 1.807) is 0 Å². The number of hydrogen-bond acceptors (Lipinski definition) is 2. The average molecular weight is 213 g/mol. The van der Waals surface area contributed by atoms with E-state index in [-0.39, 0.29) is 6.10 Å². The third kappa shape index (κ3) is 5.53. The Morgan fingerprint density at radius 3 is 2.33 bits per heavy atom. The highest BCUT2D eigenvalue weighted by atomic mass is 16.3. The van der Waals surface area contributed by atoms with Crippen molar-refractivity contribution in [3.05, 3.63) is 0 Å². The molecule has 0 aromatic heterocycles. The molecule has 0 aliphatic heterocycles. The van der Waals surface area contributed by atoms with Crippen LogP contribution in [0.25, 0.3) is 0 Å². The van der Waals surface area contributed by atoms with Gasteiger partial charge in [-0.25, -0.2) is 0 Å². The molecule has 0 amide bonds. The maximum Gasteiger partial charge on any atom is 0.0526 e. The van der Waals surface area contributed by atoms with Crippen LogP contribution >= 0.6 is 0 Å². The van der Waals surface area contributed by atoms with Gasteiger partial charge in [-0.2, -0.15) is 0 Å². The average Bonchev–Trinajstić information content (AvgIpc) is 2.16. The van der Waals surface area contributed by atoms with Crippen molar-refractivity contribution < 1.29 is 5.11 Å². The quantitative estimate of drug-likeness (QED) is 0.735. The molecule has 0 spiro atoms. The van der Waals surface area contributed by atoms with Gasteiger partial charge in [0.05, 0.1) is 6.10 Å². The maximum atomic E-state index is 9.25. The zero-order chi connectivity index (χ0) is 11.3. The van der Waals surface area contributed by atoms with Crippen molar-refractivity contribution in [2.75, 3.05) is 6.54 Å². The van der Waals surface area contributed by atoms with E-state index in [0.717, 1.165) is 24.8 Å². The van der Waals surface area contributed by atoms with Gasteiger partial charge in [0.15, 0.2) is 0 Å². The van der Waals surface area contributed by atoms with Crippen LogP contribution in [0.1, 0.15) is 52.9 Å². The van der Waals surface area contributed by atoms with Gasteiger partial charge in [-0.05, 0) is 51.5 Å². The molecule has 0 aromatic carbocycles. The smallest absolute Gasteiger partial charge is 0.0526 e. The molecule has 1 rings (SSSR count). The van der Waals surface area contributed by atoms with Gasteiger partial charge in [-0.3, -0.25) is 0 Å². The molecule has 1 fully saturated rings. The predicted molar refractivity (Wildman–Crippen MR) is 64.9 cm³/mol. The Balaban J connectivity index is 2.09. The third-order valence-corrected chi connectivity index (χ3v) is 3.59. The van der Waals surface area contributed by atoms with Crippen molar-refractivity contribution in [3.63, 3.8) is 0 Å². The highest BCUT2D eigenvalue weighted by Gasteiger charge is 2.18. The Morgan fingerprint density at radius 1 is 1.20 bits per heavy atom. The SMILES string of the molecule is CC(O)CC(C)NCC1CCC(C)CC1. The highest BCUT2D eigenvalue weighted by molar-refractivity contribution is 4.73. The van der Waals surface area contributed by atoms with Crippen LogP contribution in [0.4, 0.5) is 0 Å². The number of hydrogen-bond donors (Lipinski definition) is 2. The molecular formula is C13H27NO. The largest absolute Gasteiger partial charge is 0.393 e. The molecule has 2 heteroatoms. The lowest BCUT2D eigenvalue weighted by Gasteiger charge is -2.27. The summed E-state index contributed by atoms with van der Waals surface area (Å²) in [6.07, 6.45) is 6.25. The fourth-order valence-electron chi connectivity index (χ4n) is 2.50. The summed E-state index contributed by atoms with van der Waals surface area (Å²) in [7, 11) is 0. The Bertz CT molecular complexity index is 162. The first-order valence-electron chi connectivity index (χ1n) is 6.49. The minimum atomic E-state index is -0.182. The number of nitrogens with one attached hydrogen (secondary N) is 1. The van der Waals surface area contributed by atoms with Gasteiger partial charge in [0.2, 0.25) is 0 Å². The lowest BCUT2D eigenvalue weighted by atomic mass is 9.83. The van der Waals surface area contributed by atoms with Gasteiger partial charge < -0.3 is 10.4 Å². The number of aliphatic hydroxyl groups is 1. The van der Waals surface area contributed by atoms with E-state index >= 15 is 0 Å². The van der Waals surface area contributed by atoms with Crippen molar-refractivity contribution in [2.45, 2.75) is 65.0 Å². The molecule has 2 N–H and O–H groups in total. The van der Waals surface area contributed by atoms with Gasteiger partial charge in [-0.15, -0.1) is 0 Å². The monoisotopic (exact) mass is 213 g/mol. The Labute approximate surface area is 94.5 Å². The second-order valence-corrected chi connectivity index (χ2v) is 5.52. The summed E-state index contributed by atoms with van der Waals surface area (Å²) < 4.78 is 0. The molecule has 90 valence electrons. The molecular weight excluding hydrogens is 186 g/mol. The fourth-order valence-corrected chi connectivity index (χ4v) is 2.50. The van der Waals surface area contributed by atoms with Crippen molar-refractivity contribution >= 4 is 0 Å². The van der Waals surface area contributed by atoms with Crippen LogP contribution in [0.2, 0.25) is 0 Å². The Morgan fingerprint density at radius 2 is 1.80 bits per heavy atom. The minimum absolute atomic E-state index is 0.182. The predicted octanol–water partition coefficient (Wildman–Crippen LogP) is 2.56. The van der Waals surface area contributed by atoms with E-state index in [1.807, 2.05) is 6.92 Å². The first kappa shape index (κ1) is 13.0. The summed E-state index contributed by atoms with van der Waals surface area (Å²) in [6.45, 7) is 7.53. The molecule has 0 saturated heterocycles. The molecule has 0 bridgehead atoms. The minimum Gasteiger partial charge on any atom is -0.393 e. The Hall–Kier alpha value is -0.0800. The lowest BCUT2D eigenvalue weighted by Crippen LogP contribution is -2.34. The first-order valence-corrected chi connectivity index (χ1v) is 6.49. The van der Waals surface area contributed by atoms with Crippen LogP contribution in [0, 0.1) is 11.8 Å². The van der Waals surface area contributed by atoms with Gasteiger partial charge in [0, 0.05) is 6.04 Å². The molecule has 1 aliphatic carbocycles. The molecule has 2 nitrogen and oxygen atoms in total. The molecule has 1 aliphatic rings. The van der Waals surface area contributed by atoms with Crippen LogP contribution in [-0.2, 0) is 0 Å². The van der Waals surface area contributed by atoms with Crippen molar-refractivity contribution in [2.24, 2.45) is 11.8 Å². The first-order chi connectivity index (χ1) is 7.08. The standard InChI is InChI=1S/C13H27NO/c1-10-4-6-13(7-5-10)9-14-11(2)8-12(3)15/h10-15H,4-9H2,1-3H3. The molecule has 2 unspecified atom stereocenters. The molecule has 2 atom stereocenters. The summed E-state index contributed by atoms with van der Waals surface area (Å²) in [6, 6.07) is 0.448. The summed E-state index contributed by atoms with van der Waals surface area (Å²) in [5.41, 5.74) is 0. The normalized spacial score (nSPS) is 31.2. The van der Waals surface area contributed by atoms with Gasteiger partial charge >= 0.3 is 0 Å². The van der Waals surface area contributed by atoms with E-state index in [9.17, 15) is 5.11 Å². The van der Waals surface area contributed by atoms with Gasteiger partial charge in [-0.1, -0.05) is 19.8 Å². The number of rotatable bonds is 5. The molecule has 0 radical (unpaired) electrons. The van der Waals surface area contributed by atoms with Crippen molar-refractivity contribution in [1.29, 1.82) is 0 Å². The van der Waals surface area contributed by atoms with Crippen molar-refractivity contribution in [1.82, 2.24) is 5.32 Å². The van der Waals surface area contributed by atoms with Crippen LogP contribution in [0.3, 0.4) is 0 Å². The lowest BCUT2D eigenvalue weighted by molar-refractivity contribution is 0.167. The van der Waals surface area contributed by atoms with E-state index in [1.165, 1.54) is 25.7 Å². The molecule has 1 saturated carbocycles. The summed E-state index contributed by atoms with van der Waals surface area (Å²) in [4.78, 5) is 0. The van der Waals surface area contributed by atoms with E-state index in [2.05, 4.69) is 19.2 Å². The summed E-state index contributed by atoms with van der Waals surface area (Å²) >= 11 is 0. The summed E-state index contributed by atoms with van der Waals surface area (Å²) in [5, 5.41) is 12.8. The maximum absolute atomic E-state index is 9.25. The molecule has 15 heavy (non-hydrogen) atoms. The van der Waals surface area contributed by atoms with Crippen LogP contribution in [0.5, 0.6) is 0 Å². The fraction of sp³-hybridized carbons (Fsp3) is 1.00. The van der Waals surface area contributed by atoms with Crippen molar-refractivity contribution in [3.8, 4) is 0 Å². The second-order valence-electron chi connectivity index (χ2n) is 5.52. The van der Waals surface area contributed by atoms with Crippen LogP contribution in [0.15, 0.2) is 0 Å². The molecule has 0 heterocycles. The topological polar surface area (TPSA) is 32.3 Å². The van der Waals surface area contributed by atoms with E-state index in [4.69, 9.17) is 0 Å². The number of aliphatic hydroxyl groups excluding tert-OH is 1. The van der Waals surface area contributed by atoms with Crippen LogP contribution < -0.4 is 5.32 Å². The van der Waals surface area contributed by atoms with E-state index in [0.29, 0.717) is 6.04 Å². The van der Waals surface area contributed by atoms with Gasteiger partial charge in [0.1, 0.15) is 0 Å². The van der Waals surface area contributed by atoms with E-state index < -0.39 is 0 Å². The molecule has 0 aromatic rings. The Kier molecular flexibility index (Phi) is 5.62. The zero-order valence-corrected chi connectivity index (χ0v) is 10.5. The third-order valence-electron chi connectivity index (χ3n) is 3.59. The van der Waals surface area contributed by atoms with Gasteiger partial charge in [0.25, 0.3) is 0 Å². The zero-order valence-electron chi connectivity index (χ0n) is 10.5. The second kappa shape index (κ2) is 6.49. The van der Waals surface area contributed by atoms with Crippen LogP contribution in [-0.4, -0.2) is 23.8 Å². The summed E-state index contributed by atoms with van der Waals surface area (Å²) in [5.74, 6) is 1.81.